The highest BCUT2D eigenvalue weighted by molar-refractivity contribution is 6.03. The fourth-order valence-electron chi connectivity index (χ4n) is 8.28. The molecule has 1 nitrogen and oxygen atoms in total. The Morgan fingerprint density at radius 3 is 1.51 bits per heavy atom. The molecular formula is C56H39N. The van der Waals surface area contributed by atoms with Crippen LogP contribution in [0, 0.1) is 0 Å². The van der Waals surface area contributed by atoms with Crippen molar-refractivity contribution >= 4 is 38.6 Å². The van der Waals surface area contributed by atoms with Crippen molar-refractivity contribution in [1.82, 2.24) is 0 Å². The van der Waals surface area contributed by atoms with Gasteiger partial charge in [-0.25, -0.2) is 0 Å². The van der Waals surface area contributed by atoms with E-state index in [0.29, 0.717) is 0 Å². The number of rotatable bonds is 8. The van der Waals surface area contributed by atoms with Gasteiger partial charge >= 0.3 is 0 Å². The molecular weight excluding hydrogens is 687 g/mol. The van der Waals surface area contributed by atoms with Crippen molar-refractivity contribution in [2.24, 2.45) is 0 Å². The van der Waals surface area contributed by atoms with Crippen LogP contribution in [-0.4, -0.2) is 0 Å². The highest BCUT2D eigenvalue weighted by atomic mass is 15.1. The maximum atomic E-state index is 2.44. The Morgan fingerprint density at radius 1 is 0.228 bits per heavy atom. The topological polar surface area (TPSA) is 3.24 Å². The van der Waals surface area contributed by atoms with Gasteiger partial charge in [0.25, 0.3) is 0 Å². The molecule has 1 heteroatoms. The van der Waals surface area contributed by atoms with Crippen molar-refractivity contribution in [2.75, 3.05) is 4.90 Å². The first-order chi connectivity index (χ1) is 28.3. The third kappa shape index (κ3) is 6.56. The Labute approximate surface area is 334 Å². The minimum atomic E-state index is 1.09. The summed E-state index contributed by atoms with van der Waals surface area (Å²) in [4.78, 5) is 2.44. The minimum Gasteiger partial charge on any atom is -0.309 e. The minimum absolute atomic E-state index is 1.09. The number of nitrogens with zero attached hydrogens (tertiary/aromatic N) is 1. The van der Waals surface area contributed by atoms with E-state index in [-0.39, 0.29) is 0 Å². The first-order valence-electron chi connectivity index (χ1n) is 19.6. The third-order valence-corrected chi connectivity index (χ3v) is 11.1. The monoisotopic (exact) mass is 725 g/mol. The van der Waals surface area contributed by atoms with Crippen LogP contribution in [0.5, 0.6) is 0 Å². The van der Waals surface area contributed by atoms with E-state index < -0.39 is 0 Å². The summed E-state index contributed by atoms with van der Waals surface area (Å²) >= 11 is 0. The lowest BCUT2D eigenvalue weighted by Crippen LogP contribution is -2.12. The Balaban J connectivity index is 1.17. The largest absolute Gasteiger partial charge is 0.309 e. The van der Waals surface area contributed by atoms with Gasteiger partial charge in [-0.1, -0.05) is 200 Å². The summed E-state index contributed by atoms with van der Waals surface area (Å²) in [6.45, 7) is 0. The van der Waals surface area contributed by atoms with Crippen LogP contribution < -0.4 is 4.90 Å². The van der Waals surface area contributed by atoms with Crippen molar-refractivity contribution < 1.29 is 0 Å². The molecule has 10 aromatic carbocycles. The van der Waals surface area contributed by atoms with Crippen molar-refractivity contribution in [3.8, 4) is 55.6 Å². The Bertz CT molecular complexity index is 2990. The SMILES string of the molecule is c1ccc(-c2ccc(-c3ccccc3)c(-c3ccccc3-c3ccccc3N(c3ccc(-c4ccc5ccccc5c4)cc3)c3cccc4ccccc34)c2)cc1. The van der Waals surface area contributed by atoms with Crippen molar-refractivity contribution in [3.63, 3.8) is 0 Å². The maximum Gasteiger partial charge on any atom is 0.0540 e. The molecule has 0 heterocycles. The van der Waals surface area contributed by atoms with Gasteiger partial charge in [-0.05, 0) is 103 Å². The van der Waals surface area contributed by atoms with Crippen LogP contribution in [0.3, 0.4) is 0 Å². The second-order valence-electron chi connectivity index (χ2n) is 14.5. The van der Waals surface area contributed by atoms with E-state index in [2.05, 4.69) is 241 Å². The van der Waals surface area contributed by atoms with Crippen LogP contribution in [0.4, 0.5) is 17.1 Å². The van der Waals surface area contributed by atoms with Gasteiger partial charge in [-0.3, -0.25) is 0 Å². The molecule has 0 radical (unpaired) electrons. The molecule has 10 aromatic rings. The van der Waals surface area contributed by atoms with E-state index in [4.69, 9.17) is 0 Å². The molecule has 0 aliphatic rings. The lowest BCUT2D eigenvalue weighted by Gasteiger charge is -2.30. The molecule has 0 aliphatic carbocycles. The fraction of sp³-hybridized carbons (Fsp3) is 0. The van der Waals surface area contributed by atoms with E-state index in [9.17, 15) is 0 Å². The van der Waals surface area contributed by atoms with Crippen LogP contribution in [0.25, 0.3) is 77.2 Å². The molecule has 0 fully saturated rings. The normalized spacial score (nSPS) is 11.2. The van der Waals surface area contributed by atoms with Gasteiger partial charge in [0, 0.05) is 16.6 Å². The number of para-hydroxylation sites is 1. The van der Waals surface area contributed by atoms with Crippen LogP contribution in [0.2, 0.25) is 0 Å². The van der Waals surface area contributed by atoms with Crippen LogP contribution in [0.15, 0.2) is 237 Å². The predicted octanol–water partition coefficient (Wildman–Crippen LogP) is 15.8. The molecule has 0 amide bonds. The van der Waals surface area contributed by atoms with Gasteiger partial charge in [0.05, 0.1) is 11.4 Å². The molecule has 0 saturated heterocycles. The predicted molar refractivity (Wildman–Crippen MR) is 243 cm³/mol. The summed E-state index contributed by atoms with van der Waals surface area (Å²) in [5.41, 5.74) is 15.2. The molecule has 0 bridgehead atoms. The van der Waals surface area contributed by atoms with E-state index in [0.717, 1.165) is 22.6 Å². The summed E-state index contributed by atoms with van der Waals surface area (Å²) < 4.78 is 0. The number of fused-ring (bicyclic) bond motifs is 2. The average molecular weight is 726 g/mol. The maximum absolute atomic E-state index is 2.44. The molecule has 10 rings (SSSR count). The van der Waals surface area contributed by atoms with Crippen molar-refractivity contribution in [2.45, 2.75) is 0 Å². The fourth-order valence-corrected chi connectivity index (χ4v) is 8.28. The summed E-state index contributed by atoms with van der Waals surface area (Å²) in [5.74, 6) is 0. The quantitative estimate of drug-likeness (QED) is 0.151. The van der Waals surface area contributed by atoms with Crippen molar-refractivity contribution in [1.29, 1.82) is 0 Å². The van der Waals surface area contributed by atoms with E-state index >= 15 is 0 Å². The Hall–Kier alpha value is -7.48. The van der Waals surface area contributed by atoms with Crippen LogP contribution in [0.1, 0.15) is 0 Å². The average Bonchev–Trinajstić information content (AvgIpc) is 3.30. The Morgan fingerprint density at radius 2 is 0.737 bits per heavy atom. The lowest BCUT2D eigenvalue weighted by atomic mass is 9.86. The number of anilines is 3. The zero-order valence-electron chi connectivity index (χ0n) is 31.5. The van der Waals surface area contributed by atoms with E-state index in [1.54, 1.807) is 0 Å². The number of benzene rings is 10. The van der Waals surface area contributed by atoms with Gasteiger partial charge in [-0.15, -0.1) is 0 Å². The van der Waals surface area contributed by atoms with Gasteiger partial charge in [0.1, 0.15) is 0 Å². The highest BCUT2D eigenvalue weighted by Gasteiger charge is 2.22. The van der Waals surface area contributed by atoms with Gasteiger partial charge in [0.2, 0.25) is 0 Å². The summed E-state index contributed by atoms with van der Waals surface area (Å²) in [7, 11) is 0. The molecule has 0 N–H and O–H groups in total. The standard InChI is InChI=1S/C56H39N/c1-3-16-40(17-4-1)47-34-37-49(43-19-5-2-6-20-43)54(39-47)52-26-12-11-25-51(52)53-27-13-14-28-56(53)57(55-29-15-23-44-21-9-10-24-50(44)55)48-35-32-42(33-36-48)46-31-30-41-18-7-8-22-45(41)38-46/h1-39H. The van der Waals surface area contributed by atoms with Crippen LogP contribution >= 0.6 is 0 Å². The molecule has 57 heavy (non-hydrogen) atoms. The van der Waals surface area contributed by atoms with Gasteiger partial charge in [0.15, 0.2) is 0 Å². The first-order valence-corrected chi connectivity index (χ1v) is 19.6. The molecule has 0 unspecified atom stereocenters. The summed E-state index contributed by atoms with van der Waals surface area (Å²) in [5, 5.41) is 4.90. The second kappa shape index (κ2) is 15.0. The van der Waals surface area contributed by atoms with Crippen molar-refractivity contribution in [3.05, 3.63) is 237 Å². The summed E-state index contributed by atoms with van der Waals surface area (Å²) in [6, 6.07) is 85.8. The molecule has 0 atom stereocenters. The van der Waals surface area contributed by atoms with Crippen LogP contribution in [-0.2, 0) is 0 Å². The summed E-state index contributed by atoms with van der Waals surface area (Å²) in [6.07, 6.45) is 0. The number of hydrogen-bond acceptors (Lipinski definition) is 1. The first kappa shape index (κ1) is 34.0. The van der Waals surface area contributed by atoms with Gasteiger partial charge in [-0.2, -0.15) is 0 Å². The van der Waals surface area contributed by atoms with E-state index in [1.807, 2.05) is 0 Å². The van der Waals surface area contributed by atoms with Gasteiger partial charge < -0.3 is 4.90 Å². The zero-order valence-corrected chi connectivity index (χ0v) is 31.5. The Kier molecular flexibility index (Phi) is 8.95. The third-order valence-electron chi connectivity index (χ3n) is 11.1. The second-order valence-corrected chi connectivity index (χ2v) is 14.5. The van der Waals surface area contributed by atoms with E-state index in [1.165, 1.54) is 71.6 Å². The molecule has 0 saturated carbocycles. The molecule has 0 spiro atoms. The molecule has 0 aromatic heterocycles. The molecule has 0 aliphatic heterocycles. The smallest absolute Gasteiger partial charge is 0.0540 e. The molecule has 268 valence electrons. The number of hydrogen-bond donors (Lipinski definition) is 0. The lowest BCUT2D eigenvalue weighted by molar-refractivity contribution is 1.30. The zero-order chi connectivity index (χ0) is 38.0. The highest BCUT2D eigenvalue weighted by Crippen LogP contribution is 2.47.